The molecular formula is C14H18ClN3O. The number of aromatic nitrogens is 2. The molecule has 1 atom stereocenters. The number of hydrogen-bond donors (Lipinski definition) is 1. The zero-order chi connectivity index (χ0) is 13.4. The monoisotopic (exact) mass is 279 g/mol. The molecule has 2 heterocycles. The van der Waals surface area contributed by atoms with Crippen LogP contribution in [0.3, 0.4) is 0 Å². The molecule has 0 radical (unpaired) electrons. The van der Waals surface area contributed by atoms with Gasteiger partial charge in [0.1, 0.15) is 5.82 Å². The molecule has 102 valence electrons. The van der Waals surface area contributed by atoms with Gasteiger partial charge in [0, 0.05) is 18.1 Å². The Labute approximate surface area is 117 Å². The predicted octanol–water partition coefficient (Wildman–Crippen LogP) is 2.18. The normalized spacial score (nSPS) is 20.5. The molecule has 4 nitrogen and oxygen atoms in total. The van der Waals surface area contributed by atoms with Crippen LogP contribution in [0.2, 0.25) is 5.02 Å². The van der Waals surface area contributed by atoms with Crippen molar-refractivity contribution in [3.8, 4) is 0 Å². The van der Waals surface area contributed by atoms with Crippen molar-refractivity contribution in [2.24, 2.45) is 7.05 Å². The molecule has 0 aliphatic carbocycles. The Balaban J connectivity index is 1.90. The summed E-state index contributed by atoms with van der Waals surface area (Å²) in [5, 5.41) is 10.1. The Morgan fingerprint density at radius 3 is 3.11 bits per heavy atom. The number of nitrogens with zero attached hydrogens (tertiary/aromatic N) is 3. The van der Waals surface area contributed by atoms with Crippen molar-refractivity contribution < 1.29 is 5.11 Å². The molecule has 2 aromatic rings. The number of aliphatic hydroxyl groups excluding tert-OH is 1. The summed E-state index contributed by atoms with van der Waals surface area (Å²) >= 11 is 6.00. The van der Waals surface area contributed by atoms with E-state index in [0.717, 1.165) is 42.8 Å². The van der Waals surface area contributed by atoms with E-state index in [1.807, 2.05) is 25.2 Å². The van der Waals surface area contributed by atoms with Crippen LogP contribution in [0.4, 0.5) is 0 Å². The van der Waals surface area contributed by atoms with Crippen molar-refractivity contribution in [1.82, 2.24) is 14.5 Å². The van der Waals surface area contributed by atoms with E-state index in [1.54, 1.807) is 0 Å². The predicted molar refractivity (Wildman–Crippen MR) is 76.2 cm³/mol. The van der Waals surface area contributed by atoms with Crippen LogP contribution >= 0.6 is 11.6 Å². The van der Waals surface area contributed by atoms with Crippen molar-refractivity contribution in [3.05, 3.63) is 29.0 Å². The summed E-state index contributed by atoms with van der Waals surface area (Å²) in [6.45, 7) is 2.05. The number of likely N-dealkylation sites (tertiary alicyclic amines) is 1. The number of rotatable bonds is 3. The summed E-state index contributed by atoms with van der Waals surface area (Å²) in [4.78, 5) is 6.97. The largest absolute Gasteiger partial charge is 0.395 e. The van der Waals surface area contributed by atoms with Crippen molar-refractivity contribution in [3.63, 3.8) is 0 Å². The van der Waals surface area contributed by atoms with Gasteiger partial charge >= 0.3 is 0 Å². The first-order chi connectivity index (χ1) is 9.19. The fourth-order valence-corrected chi connectivity index (χ4v) is 3.02. The van der Waals surface area contributed by atoms with E-state index in [4.69, 9.17) is 11.6 Å². The number of hydrogen-bond acceptors (Lipinski definition) is 3. The number of fused-ring (bicyclic) bond motifs is 1. The van der Waals surface area contributed by atoms with E-state index in [-0.39, 0.29) is 12.6 Å². The molecule has 0 amide bonds. The highest BCUT2D eigenvalue weighted by molar-refractivity contribution is 6.31. The van der Waals surface area contributed by atoms with Gasteiger partial charge in [0.15, 0.2) is 0 Å². The molecule has 3 rings (SSSR count). The molecule has 0 spiro atoms. The molecule has 0 saturated carbocycles. The lowest BCUT2D eigenvalue weighted by atomic mass is 10.2. The third-order valence-electron chi connectivity index (χ3n) is 3.99. The Bertz CT molecular complexity index is 596. The van der Waals surface area contributed by atoms with Crippen molar-refractivity contribution in [2.75, 3.05) is 13.2 Å². The number of imidazole rings is 1. The SMILES string of the molecule is Cn1c(CN2CCC[C@@H]2CO)nc2cc(Cl)ccc21. The second-order valence-electron chi connectivity index (χ2n) is 5.17. The summed E-state index contributed by atoms with van der Waals surface area (Å²) in [6, 6.07) is 6.07. The minimum absolute atomic E-state index is 0.232. The third kappa shape index (κ3) is 2.36. The number of benzene rings is 1. The van der Waals surface area contributed by atoms with E-state index in [0.29, 0.717) is 5.02 Å². The van der Waals surface area contributed by atoms with E-state index in [1.165, 1.54) is 0 Å². The minimum Gasteiger partial charge on any atom is -0.395 e. The van der Waals surface area contributed by atoms with Gasteiger partial charge < -0.3 is 9.67 Å². The first kappa shape index (κ1) is 12.9. The summed E-state index contributed by atoms with van der Waals surface area (Å²) in [5.74, 6) is 1.03. The third-order valence-corrected chi connectivity index (χ3v) is 4.22. The molecule has 1 fully saturated rings. The summed E-state index contributed by atoms with van der Waals surface area (Å²) in [7, 11) is 2.03. The fourth-order valence-electron chi connectivity index (χ4n) is 2.86. The number of aryl methyl sites for hydroxylation is 1. The van der Waals surface area contributed by atoms with Gasteiger partial charge in [0.05, 0.1) is 24.2 Å². The highest BCUT2D eigenvalue weighted by atomic mass is 35.5. The lowest BCUT2D eigenvalue weighted by molar-refractivity contribution is 0.150. The fraction of sp³-hybridized carbons (Fsp3) is 0.500. The highest BCUT2D eigenvalue weighted by Crippen LogP contribution is 2.23. The molecule has 5 heteroatoms. The van der Waals surface area contributed by atoms with Crippen molar-refractivity contribution >= 4 is 22.6 Å². The van der Waals surface area contributed by atoms with Gasteiger partial charge in [0.2, 0.25) is 0 Å². The van der Waals surface area contributed by atoms with Crippen LogP contribution in [-0.4, -0.2) is 38.8 Å². The Kier molecular flexibility index (Phi) is 3.48. The van der Waals surface area contributed by atoms with E-state index in [2.05, 4.69) is 14.5 Å². The molecule has 1 aromatic carbocycles. The van der Waals surface area contributed by atoms with Gasteiger partial charge in [-0.2, -0.15) is 0 Å². The molecule has 1 N–H and O–H groups in total. The van der Waals surface area contributed by atoms with Gasteiger partial charge in [-0.25, -0.2) is 4.98 Å². The molecule has 1 aliphatic rings. The van der Waals surface area contributed by atoms with Crippen LogP contribution in [0.25, 0.3) is 11.0 Å². The Hall–Kier alpha value is -1.10. The van der Waals surface area contributed by atoms with Gasteiger partial charge in [-0.15, -0.1) is 0 Å². The minimum atomic E-state index is 0.232. The van der Waals surface area contributed by atoms with Crippen LogP contribution in [-0.2, 0) is 13.6 Å². The average molecular weight is 280 g/mol. The van der Waals surface area contributed by atoms with Crippen LogP contribution < -0.4 is 0 Å². The van der Waals surface area contributed by atoms with Gasteiger partial charge in [0.25, 0.3) is 0 Å². The lowest BCUT2D eigenvalue weighted by Gasteiger charge is -2.22. The number of aliphatic hydroxyl groups is 1. The Morgan fingerprint density at radius 1 is 1.47 bits per heavy atom. The van der Waals surface area contributed by atoms with E-state index >= 15 is 0 Å². The maximum Gasteiger partial charge on any atom is 0.123 e. The zero-order valence-corrected chi connectivity index (χ0v) is 11.8. The molecule has 1 aliphatic heterocycles. The second kappa shape index (κ2) is 5.12. The summed E-state index contributed by atoms with van der Waals surface area (Å²) < 4.78 is 2.11. The second-order valence-corrected chi connectivity index (χ2v) is 5.61. The molecular weight excluding hydrogens is 262 g/mol. The molecule has 1 saturated heterocycles. The van der Waals surface area contributed by atoms with Crippen LogP contribution in [0.15, 0.2) is 18.2 Å². The molecule has 0 bridgehead atoms. The summed E-state index contributed by atoms with van der Waals surface area (Å²) in [5.41, 5.74) is 2.03. The molecule has 1 aromatic heterocycles. The number of halogens is 1. The zero-order valence-electron chi connectivity index (χ0n) is 11.0. The standard InChI is InChI=1S/C14H18ClN3O/c1-17-13-5-4-10(15)7-12(13)16-14(17)8-18-6-2-3-11(18)9-19/h4-5,7,11,19H,2-3,6,8-9H2,1H3/t11-/m1/s1. The van der Waals surface area contributed by atoms with Crippen LogP contribution in [0.1, 0.15) is 18.7 Å². The van der Waals surface area contributed by atoms with E-state index in [9.17, 15) is 5.11 Å². The first-order valence-electron chi connectivity index (χ1n) is 6.65. The van der Waals surface area contributed by atoms with Gasteiger partial charge in [-0.05, 0) is 37.6 Å². The van der Waals surface area contributed by atoms with Gasteiger partial charge in [-0.1, -0.05) is 11.6 Å². The summed E-state index contributed by atoms with van der Waals surface area (Å²) in [6.07, 6.45) is 2.23. The smallest absolute Gasteiger partial charge is 0.123 e. The molecule has 0 unspecified atom stereocenters. The Morgan fingerprint density at radius 2 is 2.32 bits per heavy atom. The van der Waals surface area contributed by atoms with Gasteiger partial charge in [-0.3, -0.25) is 4.90 Å². The lowest BCUT2D eigenvalue weighted by Crippen LogP contribution is -2.32. The average Bonchev–Trinajstić information content (AvgIpc) is 2.95. The first-order valence-corrected chi connectivity index (χ1v) is 7.02. The molecule has 19 heavy (non-hydrogen) atoms. The van der Waals surface area contributed by atoms with E-state index < -0.39 is 0 Å². The van der Waals surface area contributed by atoms with Crippen molar-refractivity contribution in [2.45, 2.75) is 25.4 Å². The quantitative estimate of drug-likeness (QED) is 0.936. The van der Waals surface area contributed by atoms with Crippen molar-refractivity contribution in [1.29, 1.82) is 0 Å². The van der Waals surface area contributed by atoms with Crippen LogP contribution in [0.5, 0.6) is 0 Å². The van der Waals surface area contributed by atoms with Crippen LogP contribution in [0, 0.1) is 0 Å². The topological polar surface area (TPSA) is 41.3 Å². The maximum absolute atomic E-state index is 9.37. The highest BCUT2D eigenvalue weighted by Gasteiger charge is 2.25. The maximum atomic E-state index is 9.37.